The standard InChI is InChI=1S/C14H20F2O6/c1-5-6-14(15,16)11-12(22-9(3)18)10(21-8(2)17)7-20-13(11)19-4/h5,10-13H,1,6-7H2,2-4H3/t10-,11+,12-,13+/m1/s1. The van der Waals surface area contributed by atoms with Crippen LogP contribution in [0.25, 0.3) is 0 Å². The fourth-order valence-corrected chi connectivity index (χ4v) is 2.41. The van der Waals surface area contributed by atoms with Crippen LogP contribution in [0.15, 0.2) is 12.7 Å². The van der Waals surface area contributed by atoms with Gasteiger partial charge in [-0.3, -0.25) is 9.59 Å². The van der Waals surface area contributed by atoms with Crippen molar-refractivity contribution >= 4 is 11.9 Å². The number of methoxy groups -OCH3 is 1. The first-order valence-electron chi connectivity index (χ1n) is 6.70. The molecule has 0 aromatic heterocycles. The first kappa shape index (κ1) is 18.5. The minimum absolute atomic E-state index is 0.212. The lowest BCUT2D eigenvalue weighted by molar-refractivity contribution is -0.292. The molecule has 0 saturated carbocycles. The van der Waals surface area contributed by atoms with Crippen molar-refractivity contribution < 1.29 is 37.3 Å². The number of carbonyl (C=O) groups excluding carboxylic acids is 2. The fourth-order valence-electron chi connectivity index (χ4n) is 2.41. The van der Waals surface area contributed by atoms with Gasteiger partial charge in [0.05, 0.1) is 6.61 Å². The lowest BCUT2D eigenvalue weighted by Gasteiger charge is -2.43. The van der Waals surface area contributed by atoms with Crippen molar-refractivity contribution in [3.05, 3.63) is 12.7 Å². The summed E-state index contributed by atoms with van der Waals surface area (Å²) in [7, 11) is 1.21. The quantitative estimate of drug-likeness (QED) is 0.547. The summed E-state index contributed by atoms with van der Waals surface area (Å²) in [4.78, 5) is 22.4. The van der Waals surface area contributed by atoms with E-state index in [1.54, 1.807) is 0 Å². The highest BCUT2D eigenvalue weighted by Crippen LogP contribution is 2.40. The van der Waals surface area contributed by atoms with Crippen molar-refractivity contribution in [2.24, 2.45) is 5.92 Å². The lowest BCUT2D eigenvalue weighted by atomic mass is 9.86. The number of halogens is 2. The van der Waals surface area contributed by atoms with Crippen molar-refractivity contribution in [1.82, 2.24) is 0 Å². The average molecular weight is 322 g/mol. The predicted molar refractivity (Wildman–Crippen MR) is 71.1 cm³/mol. The molecule has 4 atom stereocenters. The molecule has 0 radical (unpaired) electrons. The summed E-state index contributed by atoms with van der Waals surface area (Å²) >= 11 is 0. The first-order chi connectivity index (χ1) is 10.2. The highest BCUT2D eigenvalue weighted by atomic mass is 19.3. The highest BCUT2D eigenvalue weighted by Gasteiger charge is 2.56. The molecule has 1 rings (SSSR count). The van der Waals surface area contributed by atoms with Gasteiger partial charge in [-0.25, -0.2) is 8.78 Å². The maximum absolute atomic E-state index is 14.4. The zero-order valence-corrected chi connectivity index (χ0v) is 12.7. The number of esters is 2. The maximum atomic E-state index is 14.4. The molecule has 0 amide bonds. The largest absolute Gasteiger partial charge is 0.458 e. The molecule has 0 unspecified atom stereocenters. The van der Waals surface area contributed by atoms with Crippen LogP contribution in [0.4, 0.5) is 8.78 Å². The van der Waals surface area contributed by atoms with E-state index in [-0.39, 0.29) is 6.61 Å². The number of rotatable bonds is 6. The lowest BCUT2D eigenvalue weighted by Crippen LogP contribution is -2.58. The average Bonchev–Trinajstić information content (AvgIpc) is 2.38. The van der Waals surface area contributed by atoms with Crippen LogP contribution >= 0.6 is 0 Å². The molecular formula is C14H20F2O6. The molecule has 0 aromatic rings. The Morgan fingerprint density at radius 2 is 1.91 bits per heavy atom. The molecule has 126 valence electrons. The van der Waals surface area contributed by atoms with Gasteiger partial charge in [0.2, 0.25) is 0 Å². The van der Waals surface area contributed by atoms with E-state index in [2.05, 4.69) is 6.58 Å². The normalized spacial score (nSPS) is 28.8. The Kier molecular flexibility index (Phi) is 6.43. The molecule has 1 fully saturated rings. The molecule has 6 nitrogen and oxygen atoms in total. The first-order valence-corrected chi connectivity index (χ1v) is 6.70. The molecule has 8 heteroatoms. The summed E-state index contributed by atoms with van der Waals surface area (Å²) < 4.78 is 48.9. The van der Waals surface area contributed by atoms with E-state index in [0.29, 0.717) is 0 Å². The molecule has 22 heavy (non-hydrogen) atoms. The van der Waals surface area contributed by atoms with Crippen LogP contribution in [-0.4, -0.2) is 50.1 Å². The Hall–Kier alpha value is -1.54. The van der Waals surface area contributed by atoms with Crippen molar-refractivity contribution in [2.45, 2.75) is 44.7 Å². The van der Waals surface area contributed by atoms with Crippen LogP contribution in [0.5, 0.6) is 0 Å². The third-order valence-electron chi connectivity index (χ3n) is 3.19. The molecule has 0 N–H and O–H groups in total. The van der Waals surface area contributed by atoms with Gasteiger partial charge in [0.15, 0.2) is 18.5 Å². The maximum Gasteiger partial charge on any atom is 0.303 e. The second-order valence-electron chi connectivity index (χ2n) is 4.94. The van der Waals surface area contributed by atoms with Gasteiger partial charge in [-0.05, 0) is 0 Å². The summed E-state index contributed by atoms with van der Waals surface area (Å²) in [5.74, 6) is -6.40. The zero-order valence-electron chi connectivity index (χ0n) is 12.7. The van der Waals surface area contributed by atoms with E-state index in [9.17, 15) is 18.4 Å². The zero-order chi connectivity index (χ0) is 16.9. The monoisotopic (exact) mass is 322 g/mol. The van der Waals surface area contributed by atoms with Gasteiger partial charge in [-0.1, -0.05) is 6.08 Å². The van der Waals surface area contributed by atoms with Gasteiger partial charge < -0.3 is 18.9 Å². The third kappa shape index (κ3) is 4.48. The molecule has 0 spiro atoms. The van der Waals surface area contributed by atoms with Crippen molar-refractivity contribution in [1.29, 1.82) is 0 Å². The number of hydrogen-bond acceptors (Lipinski definition) is 6. The van der Waals surface area contributed by atoms with Crippen LogP contribution in [0, 0.1) is 5.92 Å². The van der Waals surface area contributed by atoms with E-state index < -0.39 is 48.7 Å². The Morgan fingerprint density at radius 1 is 1.32 bits per heavy atom. The number of carbonyl (C=O) groups is 2. The molecule has 1 aliphatic heterocycles. The summed E-state index contributed by atoms with van der Waals surface area (Å²) in [5, 5.41) is 0. The van der Waals surface area contributed by atoms with Crippen LogP contribution < -0.4 is 0 Å². The predicted octanol–water partition coefficient (Wildman–Crippen LogP) is 1.68. The molecule has 1 saturated heterocycles. The van der Waals surface area contributed by atoms with E-state index in [1.807, 2.05) is 0 Å². The molecule has 0 aliphatic carbocycles. The Morgan fingerprint density at radius 3 is 2.36 bits per heavy atom. The third-order valence-corrected chi connectivity index (χ3v) is 3.19. The minimum Gasteiger partial charge on any atom is -0.458 e. The topological polar surface area (TPSA) is 71.1 Å². The van der Waals surface area contributed by atoms with E-state index in [0.717, 1.165) is 19.9 Å². The number of ether oxygens (including phenoxy) is 4. The van der Waals surface area contributed by atoms with Crippen LogP contribution in [0.3, 0.4) is 0 Å². The van der Waals surface area contributed by atoms with Gasteiger partial charge in [-0.15, -0.1) is 6.58 Å². The van der Waals surface area contributed by atoms with Crippen LogP contribution in [-0.2, 0) is 28.5 Å². The number of hydrogen-bond donors (Lipinski definition) is 0. The van der Waals surface area contributed by atoms with Crippen molar-refractivity contribution in [2.75, 3.05) is 13.7 Å². The molecular weight excluding hydrogens is 302 g/mol. The summed E-state index contributed by atoms with van der Waals surface area (Å²) in [6, 6.07) is 0. The van der Waals surface area contributed by atoms with E-state index in [4.69, 9.17) is 18.9 Å². The second-order valence-corrected chi connectivity index (χ2v) is 4.94. The van der Waals surface area contributed by atoms with E-state index >= 15 is 0 Å². The van der Waals surface area contributed by atoms with Gasteiger partial charge in [-0.2, -0.15) is 0 Å². The summed E-state index contributed by atoms with van der Waals surface area (Å²) in [5.41, 5.74) is 0. The molecule has 1 heterocycles. The smallest absolute Gasteiger partial charge is 0.303 e. The Balaban J connectivity index is 3.16. The Labute approximate surface area is 127 Å². The van der Waals surface area contributed by atoms with E-state index in [1.165, 1.54) is 7.11 Å². The second kappa shape index (κ2) is 7.64. The Bertz CT molecular complexity index is 426. The molecule has 0 aromatic carbocycles. The summed E-state index contributed by atoms with van der Waals surface area (Å²) in [6.07, 6.45) is -3.42. The van der Waals surface area contributed by atoms with Crippen molar-refractivity contribution in [3.63, 3.8) is 0 Å². The van der Waals surface area contributed by atoms with Gasteiger partial charge in [0, 0.05) is 27.4 Å². The number of allylic oxidation sites excluding steroid dienone is 1. The van der Waals surface area contributed by atoms with Crippen LogP contribution in [0.1, 0.15) is 20.3 Å². The van der Waals surface area contributed by atoms with Gasteiger partial charge in [0.25, 0.3) is 5.92 Å². The van der Waals surface area contributed by atoms with Crippen molar-refractivity contribution in [3.8, 4) is 0 Å². The van der Waals surface area contributed by atoms with Crippen LogP contribution in [0.2, 0.25) is 0 Å². The van der Waals surface area contributed by atoms with Gasteiger partial charge >= 0.3 is 11.9 Å². The fraction of sp³-hybridized carbons (Fsp3) is 0.714. The minimum atomic E-state index is -3.32. The summed E-state index contributed by atoms with van der Waals surface area (Å²) in [6.45, 7) is 5.30. The number of alkyl halides is 2. The SMILES string of the molecule is C=CCC(F)(F)[C@@H]1[C@@H](OC)OC[C@@H](OC(C)=O)[C@H]1OC(C)=O. The molecule has 0 bridgehead atoms. The highest BCUT2D eigenvalue weighted by molar-refractivity contribution is 5.67. The molecule has 1 aliphatic rings. The van der Waals surface area contributed by atoms with Gasteiger partial charge in [0.1, 0.15) is 5.92 Å².